The Morgan fingerprint density at radius 1 is 1.29 bits per heavy atom. The molecule has 2 heterocycles. The monoisotopic (exact) mass is 341 g/mol. The van der Waals surface area contributed by atoms with Crippen molar-refractivity contribution in [3.63, 3.8) is 0 Å². The van der Waals surface area contributed by atoms with Gasteiger partial charge in [0.25, 0.3) is 0 Å². The summed E-state index contributed by atoms with van der Waals surface area (Å²) in [4.78, 5) is 30.7. The Balaban J connectivity index is 1.66. The van der Waals surface area contributed by atoms with Crippen molar-refractivity contribution in [1.82, 2.24) is 10.3 Å². The van der Waals surface area contributed by atoms with Gasteiger partial charge in [-0.1, -0.05) is 42.1 Å². The highest BCUT2D eigenvalue weighted by Gasteiger charge is 2.33. The van der Waals surface area contributed by atoms with Gasteiger partial charge in [0.1, 0.15) is 5.03 Å². The van der Waals surface area contributed by atoms with E-state index >= 15 is 0 Å². The van der Waals surface area contributed by atoms with Crippen LogP contribution in [0.4, 0.5) is 5.69 Å². The molecule has 1 aromatic heterocycles. The van der Waals surface area contributed by atoms with Gasteiger partial charge in [0, 0.05) is 19.7 Å². The van der Waals surface area contributed by atoms with Gasteiger partial charge in [-0.25, -0.2) is 4.98 Å². The fourth-order valence-corrected chi connectivity index (χ4v) is 3.88. The Labute approximate surface area is 145 Å². The summed E-state index contributed by atoms with van der Waals surface area (Å²) in [6, 6.07) is 13.3. The van der Waals surface area contributed by atoms with Crippen molar-refractivity contribution in [3.05, 3.63) is 54.2 Å². The van der Waals surface area contributed by atoms with E-state index in [1.165, 1.54) is 11.8 Å². The molecule has 3 rings (SSSR count). The Kier molecular flexibility index (Phi) is 4.85. The first kappa shape index (κ1) is 16.5. The number of nitrogens with zero attached hydrogens (tertiary/aromatic N) is 2. The zero-order valence-electron chi connectivity index (χ0n) is 13.6. The molecule has 0 saturated heterocycles. The van der Waals surface area contributed by atoms with Gasteiger partial charge in [0.2, 0.25) is 11.8 Å². The molecule has 1 N–H and O–H groups in total. The number of carbonyl (C=O) groups is 2. The molecule has 24 heavy (non-hydrogen) atoms. The first-order chi connectivity index (χ1) is 11.6. The highest BCUT2D eigenvalue weighted by atomic mass is 32.2. The number of rotatable bonds is 4. The second-order valence-corrected chi connectivity index (χ2v) is 6.93. The van der Waals surface area contributed by atoms with E-state index < -0.39 is 5.25 Å². The fourth-order valence-electron chi connectivity index (χ4n) is 2.67. The van der Waals surface area contributed by atoms with Crippen LogP contribution >= 0.6 is 11.8 Å². The van der Waals surface area contributed by atoms with Gasteiger partial charge in [-0.2, -0.15) is 0 Å². The predicted octanol–water partition coefficient (Wildman–Crippen LogP) is 2.79. The lowest BCUT2D eigenvalue weighted by atomic mass is 10.1. The summed E-state index contributed by atoms with van der Waals surface area (Å²) in [6.07, 6.45) is 1.84. The molecule has 0 fully saturated rings. The standard InChI is InChI=1S/C18H19N3O2S/c1-12(13-7-4-3-5-8-13)20-16(22)11-15-18(23)21(2)14-9-6-10-19-17(14)24-15/h3-10,12,15H,11H2,1-2H3,(H,20,22)/t12-,15-/m0/s1. The van der Waals surface area contributed by atoms with E-state index in [-0.39, 0.29) is 24.3 Å². The third-order valence-electron chi connectivity index (χ3n) is 4.02. The fraction of sp³-hybridized carbons (Fsp3) is 0.278. The maximum atomic E-state index is 12.5. The summed E-state index contributed by atoms with van der Waals surface area (Å²) in [7, 11) is 1.72. The molecule has 0 bridgehead atoms. The van der Waals surface area contributed by atoms with Crippen LogP contribution in [-0.2, 0) is 9.59 Å². The maximum Gasteiger partial charge on any atom is 0.240 e. The maximum absolute atomic E-state index is 12.5. The number of fused-ring (bicyclic) bond motifs is 1. The van der Waals surface area contributed by atoms with Gasteiger partial charge in [0.15, 0.2) is 0 Å². The van der Waals surface area contributed by atoms with Gasteiger partial charge in [-0.05, 0) is 24.6 Å². The molecule has 1 aliphatic heterocycles. The number of hydrogen-bond donors (Lipinski definition) is 1. The number of carbonyl (C=O) groups excluding carboxylic acids is 2. The third kappa shape index (κ3) is 3.43. The summed E-state index contributed by atoms with van der Waals surface area (Å²) in [5.74, 6) is -0.201. The molecule has 0 aliphatic carbocycles. The average molecular weight is 341 g/mol. The van der Waals surface area contributed by atoms with E-state index in [2.05, 4.69) is 10.3 Å². The summed E-state index contributed by atoms with van der Waals surface area (Å²) in [5, 5.41) is 3.30. The second kappa shape index (κ2) is 7.05. The number of nitrogens with one attached hydrogen (secondary N) is 1. The van der Waals surface area contributed by atoms with E-state index in [0.29, 0.717) is 0 Å². The SMILES string of the molecule is C[C@H](NC(=O)C[C@@H]1Sc2ncccc2N(C)C1=O)c1ccccc1. The second-order valence-electron chi connectivity index (χ2n) is 5.74. The normalized spacial score (nSPS) is 18.0. The smallest absolute Gasteiger partial charge is 0.240 e. The number of anilines is 1. The van der Waals surface area contributed by atoms with Crippen molar-refractivity contribution in [2.24, 2.45) is 0 Å². The lowest BCUT2D eigenvalue weighted by Gasteiger charge is -2.30. The van der Waals surface area contributed by atoms with Crippen molar-refractivity contribution in [2.75, 3.05) is 11.9 Å². The molecule has 1 aromatic carbocycles. The third-order valence-corrected chi connectivity index (χ3v) is 5.21. The molecule has 0 unspecified atom stereocenters. The number of hydrogen-bond acceptors (Lipinski definition) is 4. The van der Waals surface area contributed by atoms with Crippen LogP contribution in [0.2, 0.25) is 0 Å². The van der Waals surface area contributed by atoms with E-state index in [0.717, 1.165) is 16.3 Å². The molecule has 2 atom stereocenters. The minimum Gasteiger partial charge on any atom is -0.350 e. The Morgan fingerprint density at radius 2 is 2.04 bits per heavy atom. The highest BCUT2D eigenvalue weighted by Crippen LogP contribution is 2.37. The molecule has 124 valence electrons. The Hall–Kier alpha value is -2.34. The van der Waals surface area contributed by atoms with Crippen LogP contribution < -0.4 is 10.2 Å². The number of aromatic nitrogens is 1. The largest absolute Gasteiger partial charge is 0.350 e. The van der Waals surface area contributed by atoms with Crippen molar-refractivity contribution in [3.8, 4) is 0 Å². The molecule has 0 spiro atoms. The molecular weight excluding hydrogens is 322 g/mol. The van der Waals surface area contributed by atoms with Gasteiger partial charge < -0.3 is 10.2 Å². The molecule has 5 nitrogen and oxygen atoms in total. The molecule has 0 radical (unpaired) electrons. The molecule has 2 aromatic rings. The molecule has 1 aliphatic rings. The van der Waals surface area contributed by atoms with Gasteiger partial charge in [-0.3, -0.25) is 9.59 Å². The van der Waals surface area contributed by atoms with E-state index in [1.807, 2.05) is 43.3 Å². The number of pyridine rings is 1. The van der Waals surface area contributed by atoms with Crippen molar-refractivity contribution in [1.29, 1.82) is 0 Å². The number of amides is 2. The lowest BCUT2D eigenvalue weighted by molar-refractivity contribution is -0.125. The van der Waals surface area contributed by atoms with E-state index in [1.54, 1.807) is 24.2 Å². The van der Waals surface area contributed by atoms with Gasteiger partial charge in [0.05, 0.1) is 17.0 Å². The minimum absolute atomic E-state index is 0.0667. The first-order valence-electron chi connectivity index (χ1n) is 7.80. The predicted molar refractivity (Wildman–Crippen MR) is 94.9 cm³/mol. The Bertz CT molecular complexity index is 751. The number of thioether (sulfide) groups is 1. The quantitative estimate of drug-likeness (QED) is 0.929. The van der Waals surface area contributed by atoms with Crippen LogP contribution in [0.5, 0.6) is 0 Å². The summed E-state index contributed by atoms with van der Waals surface area (Å²) in [6.45, 7) is 1.94. The minimum atomic E-state index is -0.444. The van der Waals surface area contributed by atoms with Crippen molar-refractivity contribution in [2.45, 2.75) is 29.7 Å². The van der Waals surface area contributed by atoms with Crippen LogP contribution in [0, 0.1) is 0 Å². The van der Waals surface area contributed by atoms with Crippen LogP contribution in [-0.4, -0.2) is 29.1 Å². The van der Waals surface area contributed by atoms with Crippen LogP contribution in [0.15, 0.2) is 53.7 Å². The zero-order chi connectivity index (χ0) is 17.1. The Morgan fingerprint density at radius 3 is 2.79 bits per heavy atom. The van der Waals surface area contributed by atoms with Crippen molar-refractivity contribution < 1.29 is 9.59 Å². The summed E-state index contributed by atoms with van der Waals surface area (Å²) in [5.41, 5.74) is 1.83. The van der Waals surface area contributed by atoms with Gasteiger partial charge in [-0.15, -0.1) is 0 Å². The van der Waals surface area contributed by atoms with Gasteiger partial charge >= 0.3 is 0 Å². The summed E-state index contributed by atoms with van der Waals surface area (Å²) >= 11 is 1.36. The molecule has 2 amide bonds. The zero-order valence-corrected chi connectivity index (χ0v) is 14.4. The average Bonchev–Trinajstić information content (AvgIpc) is 2.60. The van der Waals surface area contributed by atoms with Crippen LogP contribution in [0.1, 0.15) is 24.9 Å². The molecular formula is C18H19N3O2S. The lowest BCUT2D eigenvalue weighted by Crippen LogP contribution is -2.41. The van der Waals surface area contributed by atoms with E-state index in [4.69, 9.17) is 0 Å². The van der Waals surface area contributed by atoms with Crippen LogP contribution in [0.3, 0.4) is 0 Å². The topological polar surface area (TPSA) is 62.3 Å². The number of benzene rings is 1. The van der Waals surface area contributed by atoms with E-state index in [9.17, 15) is 9.59 Å². The van der Waals surface area contributed by atoms with Crippen molar-refractivity contribution >= 4 is 29.3 Å². The summed E-state index contributed by atoms with van der Waals surface area (Å²) < 4.78 is 0. The first-order valence-corrected chi connectivity index (χ1v) is 8.68. The van der Waals surface area contributed by atoms with Crippen LogP contribution in [0.25, 0.3) is 0 Å². The molecule has 6 heteroatoms. The molecule has 0 saturated carbocycles. The highest BCUT2D eigenvalue weighted by molar-refractivity contribution is 8.00.